The summed E-state index contributed by atoms with van der Waals surface area (Å²) >= 11 is 1.65. The second-order valence-corrected chi connectivity index (χ2v) is 6.26. The zero-order valence-electron chi connectivity index (χ0n) is 13.5. The van der Waals surface area contributed by atoms with Crippen molar-refractivity contribution < 1.29 is 4.79 Å². The van der Waals surface area contributed by atoms with Crippen LogP contribution in [0.2, 0.25) is 0 Å². The summed E-state index contributed by atoms with van der Waals surface area (Å²) in [6.07, 6.45) is 4.69. The van der Waals surface area contributed by atoms with E-state index in [1.165, 1.54) is 0 Å². The van der Waals surface area contributed by atoms with E-state index in [-0.39, 0.29) is 5.91 Å². The highest BCUT2D eigenvalue weighted by Crippen LogP contribution is 2.21. The van der Waals surface area contributed by atoms with Crippen LogP contribution < -0.4 is 5.32 Å². The van der Waals surface area contributed by atoms with Crippen molar-refractivity contribution in [2.45, 2.75) is 25.2 Å². The Bertz CT molecular complexity index is 870. The molecule has 1 N–H and O–H groups in total. The molecule has 118 valence electrons. The van der Waals surface area contributed by atoms with Gasteiger partial charge >= 0.3 is 0 Å². The number of thioether (sulfide) groups is 1. The number of aryl methyl sites for hydroxylation is 2. The van der Waals surface area contributed by atoms with Gasteiger partial charge < -0.3 is 5.32 Å². The predicted molar refractivity (Wildman–Crippen MR) is 95.5 cm³/mol. The fraction of sp³-hybridized carbons (Fsp3) is 0.222. The van der Waals surface area contributed by atoms with Crippen LogP contribution in [0, 0.1) is 6.92 Å². The summed E-state index contributed by atoms with van der Waals surface area (Å²) < 4.78 is 1.88. The molecular formula is C18H19N3OS. The molecule has 23 heavy (non-hydrogen) atoms. The number of amides is 1. The fourth-order valence-electron chi connectivity index (χ4n) is 2.58. The van der Waals surface area contributed by atoms with Crippen LogP contribution in [0.5, 0.6) is 0 Å². The number of aromatic nitrogens is 2. The number of imidazole rings is 1. The zero-order valence-corrected chi connectivity index (χ0v) is 14.3. The molecule has 0 saturated carbocycles. The molecule has 2 heterocycles. The Morgan fingerprint density at radius 1 is 1.30 bits per heavy atom. The molecule has 4 nitrogen and oxygen atoms in total. The van der Waals surface area contributed by atoms with Gasteiger partial charge in [0.15, 0.2) is 0 Å². The van der Waals surface area contributed by atoms with Gasteiger partial charge in [-0.3, -0.25) is 9.20 Å². The van der Waals surface area contributed by atoms with Crippen LogP contribution in [0.3, 0.4) is 0 Å². The Kier molecular flexibility index (Phi) is 4.39. The third-order valence-electron chi connectivity index (χ3n) is 3.72. The molecule has 0 aliphatic rings. The van der Waals surface area contributed by atoms with E-state index in [2.05, 4.69) is 10.3 Å². The third-order valence-corrected chi connectivity index (χ3v) is 4.44. The number of hydrogen-bond donors (Lipinski definition) is 1. The first-order chi connectivity index (χ1) is 11.1. The summed E-state index contributed by atoms with van der Waals surface area (Å²) in [4.78, 5) is 18.5. The first kappa shape index (κ1) is 15.6. The highest BCUT2D eigenvalue weighted by molar-refractivity contribution is 7.98. The number of anilines is 1. The summed E-state index contributed by atoms with van der Waals surface area (Å²) in [5, 5.41) is 2.99. The van der Waals surface area contributed by atoms with Crippen LogP contribution in [0.15, 0.2) is 47.5 Å². The maximum absolute atomic E-state index is 12.8. The second kappa shape index (κ2) is 6.46. The fourth-order valence-corrected chi connectivity index (χ4v) is 3.04. The summed E-state index contributed by atoms with van der Waals surface area (Å²) in [6, 6.07) is 11.8. The Morgan fingerprint density at radius 2 is 2.13 bits per heavy atom. The topological polar surface area (TPSA) is 46.4 Å². The van der Waals surface area contributed by atoms with Gasteiger partial charge in [0.05, 0.1) is 5.69 Å². The number of hydrogen-bond acceptors (Lipinski definition) is 3. The molecule has 0 atom stereocenters. The number of pyridine rings is 1. The van der Waals surface area contributed by atoms with Crippen LogP contribution in [-0.2, 0) is 6.42 Å². The average molecular weight is 325 g/mol. The smallest absolute Gasteiger partial charge is 0.274 e. The number of carbonyl (C=O) groups excluding carboxylic acids is 1. The van der Waals surface area contributed by atoms with Gasteiger partial charge in [-0.05, 0) is 49.4 Å². The monoisotopic (exact) mass is 325 g/mol. The number of carbonyl (C=O) groups is 1. The molecule has 0 radical (unpaired) electrons. The number of rotatable bonds is 4. The molecule has 2 aromatic heterocycles. The van der Waals surface area contributed by atoms with Gasteiger partial charge in [0.1, 0.15) is 11.3 Å². The Morgan fingerprint density at radius 3 is 2.87 bits per heavy atom. The van der Waals surface area contributed by atoms with Crippen molar-refractivity contribution in [3.05, 3.63) is 59.5 Å². The third kappa shape index (κ3) is 3.10. The highest BCUT2D eigenvalue weighted by atomic mass is 32.2. The van der Waals surface area contributed by atoms with Crippen molar-refractivity contribution >= 4 is 29.0 Å². The molecule has 3 aromatic rings. The molecule has 5 heteroatoms. The van der Waals surface area contributed by atoms with E-state index in [1.807, 2.05) is 67.1 Å². The number of nitrogens with zero attached hydrogens (tertiary/aromatic N) is 2. The number of fused-ring (bicyclic) bond motifs is 1. The lowest BCUT2D eigenvalue weighted by atomic mass is 10.2. The standard InChI is InChI=1S/C18H19N3OS/c1-4-15-17(21-11-12(2)8-9-16(21)20-15)18(22)19-13-6-5-7-14(10-13)23-3/h5-11H,4H2,1-3H3,(H,19,22). The average Bonchev–Trinajstić information content (AvgIpc) is 2.92. The molecule has 0 bridgehead atoms. The van der Waals surface area contributed by atoms with Crippen molar-refractivity contribution in [1.82, 2.24) is 9.38 Å². The van der Waals surface area contributed by atoms with Gasteiger partial charge in [-0.2, -0.15) is 0 Å². The van der Waals surface area contributed by atoms with E-state index in [1.54, 1.807) is 11.8 Å². The minimum atomic E-state index is -0.127. The summed E-state index contributed by atoms with van der Waals surface area (Å²) in [7, 11) is 0. The van der Waals surface area contributed by atoms with Gasteiger partial charge in [-0.25, -0.2) is 4.98 Å². The lowest BCUT2D eigenvalue weighted by molar-refractivity contribution is 0.102. The molecule has 0 spiro atoms. The summed E-state index contributed by atoms with van der Waals surface area (Å²) in [6.45, 7) is 4.02. The summed E-state index contributed by atoms with van der Waals surface area (Å²) in [5.41, 5.74) is 4.12. The molecule has 0 fully saturated rings. The van der Waals surface area contributed by atoms with Crippen molar-refractivity contribution in [2.75, 3.05) is 11.6 Å². The Labute approximate surface area is 139 Å². The summed E-state index contributed by atoms with van der Waals surface area (Å²) in [5.74, 6) is -0.127. The van der Waals surface area contributed by atoms with Gasteiger partial charge in [-0.1, -0.05) is 19.1 Å². The van der Waals surface area contributed by atoms with E-state index in [4.69, 9.17) is 0 Å². The van der Waals surface area contributed by atoms with Gasteiger partial charge in [0.2, 0.25) is 0 Å². The maximum atomic E-state index is 12.8. The van der Waals surface area contributed by atoms with Crippen molar-refractivity contribution in [2.24, 2.45) is 0 Å². The Hall–Kier alpha value is -2.27. The maximum Gasteiger partial charge on any atom is 0.274 e. The van der Waals surface area contributed by atoms with Crippen LogP contribution >= 0.6 is 11.8 Å². The molecule has 3 rings (SSSR count). The van der Waals surface area contributed by atoms with E-state index >= 15 is 0 Å². The minimum absolute atomic E-state index is 0.127. The molecule has 1 amide bonds. The molecule has 0 unspecified atom stereocenters. The first-order valence-corrected chi connectivity index (χ1v) is 8.78. The highest BCUT2D eigenvalue weighted by Gasteiger charge is 2.18. The van der Waals surface area contributed by atoms with Crippen molar-refractivity contribution in [3.63, 3.8) is 0 Å². The molecule has 0 aliphatic carbocycles. The van der Waals surface area contributed by atoms with Gasteiger partial charge in [-0.15, -0.1) is 11.8 Å². The zero-order chi connectivity index (χ0) is 16.4. The molecule has 0 saturated heterocycles. The predicted octanol–water partition coefficient (Wildman–Crippen LogP) is 4.18. The van der Waals surface area contributed by atoms with Crippen LogP contribution in [0.1, 0.15) is 28.7 Å². The number of benzene rings is 1. The van der Waals surface area contributed by atoms with E-state index in [9.17, 15) is 4.79 Å². The molecule has 0 aliphatic heterocycles. The van der Waals surface area contributed by atoms with Gasteiger partial charge in [0.25, 0.3) is 5.91 Å². The lowest BCUT2D eigenvalue weighted by Gasteiger charge is -2.08. The van der Waals surface area contributed by atoms with E-state index in [0.717, 1.165) is 27.5 Å². The molecular weight excluding hydrogens is 306 g/mol. The van der Waals surface area contributed by atoms with Crippen LogP contribution in [0.4, 0.5) is 5.69 Å². The van der Waals surface area contributed by atoms with Crippen LogP contribution in [-0.4, -0.2) is 21.5 Å². The van der Waals surface area contributed by atoms with E-state index < -0.39 is 0 Å². The van der Waals surface area contributed by atoms with Gasteiger partial charge in [0, 0.05) is 16.8 Å². The van der Waals surface area contributed by atoms with Crippen LogP contribution in [0.25, 0.3) is 5.65 Å². The number of nitrogens with one attached hydrogen (secondary N) is 1. The first-order valence-electron chi connectivity index (χ1n) is 7.55. The normalized spacial score (nSPS) is 10.9. The SMILES string of the molecule is CCc1nc2ccc(C)cn2c1C(=O)Nc1cccc(SC)c1. The lowest BCUT2D eigenvalue weighted by Crippen LogP contribution is -2.16. The Balaban J connectivity index is 2.01. The van der Waals surface area contributed by atoms with Crippen molar-refractivity contribution in [1.29, 1.82) is 0 Å². The minimum Gasteiger partial charge on any atom is -0.321 e. The quantitative estimate of drug-likeness (QED) is 0.732. The second-order valence-electron chi connectivity index (χ2n) is 5.38. The van der Waals surface area contributed by atoms with Crippen molar-refractivity contribution in [3.8, 4) is 0 Å². The molecule has 1 aromatic carbocycles. The largest absolute Gasteiger partial charge is 0.321 e. The van der Waals surface area contributed by atoms with E-state index in [0.29, 0.717) is 12.1 Å².